The Morgan fingerprint density at radius 1 is 1.12 bits per heavy atom. The van der Waals surface area contributed by atoms with E-state index in [4.69, 9.17) is 16.3 Å². The lowest BCUT2D eigenvalue weighted by atomic mass is 10.2. The van der Waals surface area contributed by atoms with Crippen molar-refractivity contribution in [2.75, 3.05) is 11.9 Å². The van der Waals surface area contributed by atoms with Gasteiger partial charge in [-0.2, -0.15) is 5.10 Å². The first-order chi connectivity index (χ1) is 12.2. The standard InChI is InChI=1S/C17H15ClN6O/c1-2-25-11-5-3-10(4-6-11)16-21-17(24-23-16)20-14-8-7-13-12(15(14)18)9-19-22-13/h3-9H,2H2,1H3,(H,19,22)(H2,20,21,23,24). The Morgan fingerprint density at radius 2 is 1.96 bits per heavy atom. The van der Waals surface area contributed by atoms with Gasteiger partial charge in [-0.1, -0.05) is 11.6 Å². The molecule has 2 aromatic carbocycles. The van der Waals surface area contributed by atoms with Crippen LogP contribution in [0.2, 0.25) is 5.02 Å². The van der Waals surface area contributed by atoms with E-state index in [1.165, 1.54) is 0 Å². The Kier molecular flexibility index (Phi) is 3.99. The number of ether oxygens (including phenoxy) is 1. The second-order valence-corrected chi connectivity index (χ2v) is 5.74. The molecule has 0 radical (unpaired) electrons. The SMILES string of the molecule is CCOc1ccc(-c2nnc(Nc3ccc4[nH]ncc4c3Cl)[nH]2)cc1. The minimum Gasteiger partial charge on any atom is -0.494 e. The second kappa shape index (κ2) is 6.45. The molecule has 0 saturated heterocycles. The van der Waals surface area contributed by atoms with Gasteiger partial charge in [-0.15, -0.1) is 10.2 Å². The minimum atomic E-state index is 0.508. The molecule has 0 fully saturated rings. The van der Waals surface area contributed by atoms with Crippen LogP contribution in [0.1, 0.15) is 6.92 Å². The normalized spacial score (nSPS) is 11.0. The molecular weight excluding hydrogens is 340 g/mol. The summed E-state index contributed by atoms with van der Waals surface area (Å²) in [5.74, 6) is 1.99. The molecule has 0 spiro atoms. The van der Waals surface area contributed by atoms with E-state index in [0.717, 1.165) is 27.9 Å². The lowest BCUT2D eigenvalue weighted by molar-refractivity contribution is 0.340. The summed E-state index contributed by atoms with van der Waals surface area (Å²) in [6.45, 7) is 2.59. The van der Waals surface area contributed by atoms with Crippen molar-refractivity contribution in [2.45, 2.75) is 6.92 Å². The predicted octanol–water partition coefficient (Wildman–Crippen LogP) is 4.14. The summed E-state index contributed by atoms with van der Waals surface area (Å²) >= 11 is 6.41. The quantitative estimate of drug-likeness (QED) is 0.501. The summed E-state index contributed by atoms with van der Waals surface area (Å²) < 4.78 is 5.44. The maximum atomic E-state index is 6.41. The summed E-state index contributed by atoms with van der Waals surface area (Å²) in [5, 5.41) is 19.7. The van der Waals surface area contributed by atoms with Crippen LogP contribution >= 0.6 is 11.6 Å². The number of rotatable bonds is 5. The highest BCUT2D eigenvalue weighted by Crippen LogP contribution is 2.31. The average Bonchev–Trinajstić information content (AvgIpc) is 3.28. The fourth-order valence-electron chi connectivity index (χ4n) is 2.53. The summed E-state index contributed by atoms with van der Waals surface area (Å²) in [6, 6.07) is 11.4. The minimum absolute atomic E-state index is 0.508. The first kappa shape index (κ1) is 15.5. The molecular formula is C17H15ClN6O. The maximum Gasteiger partial charge on any atom is 0.226 e. The van der Waals surface area contributed by atoms with Crippen LogP contribution in [0.5, 0.6) is 5.75 Å². The van der Waals surface area contributed by atoms with Gasteiger partial charge >= 0.3 is 0 Å². The van der Waals surface area contributed by atoms with Crippen molar-refractivity contribution in [2.24, 2.45) is 0 Å². The molecule has 126 valence electrons. The number of aromatic nitrogens is 5. The number of aromatic amines is 2. The lowest BCUT2D eigenvalue weighted by Crippen LogP contribution is -1.93. The van der Waals surface area contributed by atoms with Gasteiger partial charge in [-0.25, -0.2) is 0 Å². The first-order valence-electron chi connectivity index (χ1n) is 7.79. The Morgan fingerprint density at radius 3 is 2.76 bits per heavy atom. The smallest absolute Gasteiger partial charge is 0.226 e. The first-order valence-corrected chi connectivity index (χ1v) is 8.17. The molecule has 3 N–H and O–H groups in total. The fraction of sp³-hybridized carbons (Fsp3) is 0.118. The molecule has 8 heteroatoms. The molecule has 0 amide bonds. The van der Waals surface area contributed by atoms with E-state index in [2.05, 4.69) is 30.7 Å². The summed E-state index contributed by atoms with van der Waals surface area (Å²) in [5.41, 5.74) is 2.52. The van der Waals surface area contributed by atoms with Crippen LogP contribution in [0.4, 0.5) is 11.6 Å². The highest BCUT2D eigenvalue weighted by atomic mass is 35.5. The number of hydrogen-bond donors (Lipinski definition) is 3. The molecule has 0 aliphatic rings. The summed E-state index contributed by atoms with van der Waals surface area (Å²) in [4.78, 5) is 3.14. The largest absolute Gasteiger partial charge is 0.494 e. The molecule has 4 aromatic rings. The second-order valence-electron chi connectivity index (χ2n) is 5.36. The third-order valence-corrected chi connectivity index (χ3v) is 4.14. The van der Waals surface area contributed by atoms with Crippen molar-refractivity contribution in [1.82, 2.24) is 25.4 Å². The number of H-pyrrole nitrogens is 2. The molecule has 0 bridgehead atoms. The van der Waals surface area contributed by atoms with E-state index in [-0.39, 0.29) is 0 Å². The third kappa shape index (κ3) is 3.01. The van der Waals surface area contributed by atoms with E-state index < -0.39 is 0 Å². The van der Waals surface area contributed by atoms with Gasteiger partial charge in [-0.05, 0) is 43.3 Å². The number of hydrogen-bond acceptors (Lipinski definition) is 5. The van der Waals surface area contributed by atoms with E-state index in [0.29, 0.717) is 23.4 Å². The molecule has 4 rings (SSSR count). The van der Waals surface area contributed by atoms with Crippen molar-refractivity contribution in [1.29, 1.82) is 0 Å². The van der Waals surface area contributed by atoms with Crippen LogP contribution in [-0.4, -0.2) is 32.0 Å². The summed E-state index contributed by atoms with van der Waals surface area (Å²) in [6.07, 6.45) is 1.69. The monoisotopic (exact) mass is 354 g/mol. The molecule has 2 aromatic heterocycles. The molecule has 2 heterocycles. The zero-order chi connectivity index (χ0) is 17.2. The predicted molar refractivity (Wildman–Crippen MR) is 97.4 cm³/mol. The van der Waals surface area contributed by atoms with Gasteiger partial charge in [0.25, 0.3) is 0 Å². The Hall–Kier alpha value is -3.06. The van der Waals surface area contributed by atoms with Gasteiger partial charge in [-0.3, -0.25) is 5.10 Å². The maximum absolute atomic E-state index is 6.41. The van der Waals surface area contributed by atoms with Gasteiger partial charge < -0.3 is 15.0 Å². The van der Waals surface area contributed by atoms with E-state index in [1.807, 2.05) is 43.3 Å². The van der Waals surface area contributed by atoms with Crippen LogP contribution in [-0.2, 0) is 0 Å². The number of benzene rings is 2. The van der Waals surface area contributed by atoms with Crippen LogP contribution in [0.25, 0.3) is 22.3 Å². The third-order valence-electron chi connectivity index (χ3n) is 3.74. The van der Waals surface area contributed by atoms with E-state index >= 15 is 0 Å². The van der Waals surface area contributed by atoms with Gasteiger partial charge in [0.15, 0.2) is 5.82 Å². The average molecular weight is 355 g/mol. The zero-order valence-corrected chi connectivity index (χ0v) is 14.1. The Labute approximate surface area is 148 Å². The number of anilines is 2. The van der Waals surface area contributed by atoms with Gasteiger partial charge in [0.05, 0.1) is 29.0 Å². The number of nitrogens with zero attached hydrogens (tertiary/aromatic N) is 3. The van der Waals surface area contributed by atoms with Crippen LogP contribution in [0, 0.1) is 0 Å². The van der Waals surface area contributed by atoms with Crippen LogP contribution < -0.4 is 10.1 Å². The van der Waals surface area contributed by atoms with Gasteiger partial charge in [0.2, 0.25) is 5.95 Å². The van der Waals surface area contributed by atoms with Crippen LogP contribution in [0.3, 0.4) is 0 Å². The topological polar surface area (TPSA) is 91.5 Å². The Bertz CT molecular complexity index is 1010. The van der Waals surface area contributed by atoms with E-state index in [1.54, 1.807) is 6.20 Å². The molecule has 7 nitrogen and oxygen atoms in total. The van der Waals surface area contributed by atoms with Gasteiger partial charge in [0.1, 0.15) is 5.75 Å². The molecule has 0 aliphatic carbocycles. The molecule has 0 unspecified atom stereocenters. The highest BCUT2D eigenvalue weighted by Gasteiger charge is 2.10. The van der Waals surface area contributed by atoms with Crippen molar-refractivity contribution in [3.05, 3.63) is 47.6 Å². The van der Waals surface area contributed by atoms with Crippen LogP contribution in [0.15, 0.2) is 42.6 Å². The van der Waals surface area contributed by atoms with E-state index in [9.17, 15) is 0 Å². The zero-order valence-electron chi connectivity index (χ0n) is 13.4. The summed E-state index contributed by atoms with van der Waals surface area (Å²) in [7, 11) is 0. The number of fused-ring (bicyclic) bond motifs is 1. The highest BCUT2D eigenvalue weighted by molar-refractivity contribution is 6.38. The number of nitrogens with one attached hydrogen (secondary N) is 3. The molecule has 0 aliphatic heterocycles. The van der Waals surface area contributed by atoms with Crippen molar-refractivity contribution < 1.29 is 4.74 Å². The lowest BCUT2D eigenvalue weighted by Gasteiger charge is -2.05. The molecule has 25 heavy (non-hydrogen) atoms. The number of halogens is 1. The van der Waals surface area contributed by atoms with Crippen molar-refractivity contribution in [3.63, 3.8) is 0 Å². The molecule has 0 atom stereocenters. The fourth-order valence-corrected chi connectivity index (χ4v) is 2.79. The van der Waals surface area contributed by atoms with Crippen molar-refractivity contribution in [3.8, 4) is 17.1 Å². The van der Waals surface area contributed by atoms with Gasteiger partial charge in [0, 0.05) is 10.9 Å². The molecule has 0 saturated carbocycles. The Balaban J connectivity index is 1.57. The van der Waals surface area contributed by atoms with Crippen molar-refractivity contribution >= 4 is 34.1 Å².